The molecule has 0 spiro atoms. The molecule has 1 aliphatic heterocycles. The molecule has 0 fully saturated rings. The molecule has 10 heteroatoms. The number of thioether (sulfide) groups is 1. The van der Waals surface area contributed by atoms with Crippen LogP contribution in [0, 0.1) is 6.92 Å². The summed E-state index contributed by atoms with van der Waals surface area (Å²) >= 11 is 2.98. The second-order valence-corrected chi connectivity index (χ2v) is 11.8. The topological polar surface area (TPSA) is 91.2 Å². The molecule has 1 amide bonds. The maximum Gasteiger partial charge on any atom is 0.234 e. The van der Waals surface area contributed by atoms with Gasteiger partial charge in [0.25, 0.3) is 0 Å². The van der Waals surface area contributed by atoms with Gasteiger partial charge in [-0.1, -0.05) is 48.2 Å². The van der Waals surface area contributed by atoms with Crippen LogP contribution < -0.4 is 14.8 Å². The van der Waals surface area contributed by atoms with Crippen molar-refractivity contribution in [3.8, 4) is 27.8 Å². The van der Waals surface area contributed by atoms with Gasteiger partial charge in [0, 0.05) is 16.9 Å². The number of benzene rings is 4. The molecule has 2 aromatic heterocycles. The molecular weight excluding hydrogens is 567 g/mol. The van der Waals surface area contributed by atoms with Crippen molar-refractivity contribution in [2.24, 2.45) is 0 Å². The molecule has 208 valence electrons. The summed E-state index contributed by atoms with van der Waals surface area (Å²) in [6, 6.07) is 31.4. The largest absolute Gasteiger partial charge is 0.485 e. The third-order valence-electron chi connectivity index (χ3n) is 6.76. The molecule has 1 atom stereocenters. The first kappa shape index (κ1) is 26.2. The van der Waals surface area contributed by atoms with E-state index in [0.29, 0.717) is 29.1 Å². The molecule has 3 heterocycles. The van der Waals surface area contributed by atoms with Crippen LogP contribution in [-0.4, -0.2) is 38.0 Å². The van der Waals surface area contributed by atoms with Crippen LogP contribution in [0.25, 0.3) is 26.5 Å². The lowest BCUT2D eigenvalue weighted by Gasteiger charge is -2.26. The Morgan fingerprint density at radius 3 is 2.60 bits per heavy atom. The molecular formula is C32H25N5O3S2. The highest BCUT2D eigenvalue weighted by molar-refractivity contribution is 7.99. The molecule has 7 rings (SSSR count). The summed E-state index contributed by atoms with van der Waals surface area (Å²) in [4.78, 5) is 17.7. The SMILES string of the molecule is Cc1ccc2nc(-c3ccc(NC(=O)CSc4nnc(C5COc6ccccc6O5)n4-c4ccccc4)cc3)sc2c1. The Morgan fingerprint density at radius 1 is 0.976 bits per heavy atom. The molecule has 8 nitrogen and oxygen atoms in total. The van der Waals surface area contributed by atoms with Gasteiger partial charge in [-0.2, -0.15) is 0 Å². The molecule has 0 aliphatic carbocycles. The summed E-state index contributed by atoms with van der Waals surface area (Å²) in [5.41, 5.74) is 4.82. The monoisotopic (exact) mass is 591 g/mol. The van der Waals surface area contributed by atoms with E-state index in [1.165, 1.54) is 22.0 Å². The highest BCUT2D eigenvalue weighted by Crippen LogP contribution is 2.37. The van der Waals surface area contributed by atoms with E-state index in [-0.39, 0.29) is 11.7 Å². The summed E-state index contributed by atoms with van der Waals surface area (Å²) in [6.07, 6.45) is -0.450. The fourth-order valence-corrected chi connectivity index (χ4v) is 6.56. The lowest BCUT2D eigenvalue weighted by Crippen LogP contribution is -2.24. The second kappa shape index (κ2) is 11.3. The van der Waals surface area contributed by atoms with Crippen LogP contribution in [0.5, 0.6) is 11.5 Å². The number of ether oxygens (including phenoxy) is 2. The number of para-hydroxylation sites is 3. The van der Waals surface area contributed by atoms with Gasteiger partial charge in [-0.25, -0.2) is 4.98 Å². The lowest BCUT2D eigenvalue weighted by atomic mass is 10.2. The zero-order chi connectivity index (χ0) is 28.5. The van der Waals surface area contributed by atoms with E-state index in [9.17, 15) is 4.79 Å². The number of aryl methyl sites for hydroxylation is 1. The number of carbonyl (C=O) groups is 1. The first-order chi connectivity index (χ1) is 20.6. The van der Waals surface area contributed by atoms with Gasteiger partial charge in [0.1, 0.15) is 11.6 Å². The average molecular weight is 592 g/mol. The molecule has 4 aromatic carbocycles. The van der Waals surface area contributed by atoms with Crippen LogP contribution in [0.4, 0.5) is 5.69 Å². The fraction of sp³-hybridized carbons (Fsp3) is 0.125. The van der Waals surface area contributed by atoms with E-state index in [1.54, 1.807) is 11.3 Å². The second-order valence-electron chi connectivity index (χ2n) is 9.78. The number of fused-ring (bicyclic) bond motifs is 2. The maximum absolute atomic E-state index is 12.9. The molecule has 0 saturated carbocycles. The van der Waals surface area contributed by atoms with Gasteiger partial charge in [-0.05, 0) is 73.2 Å². The molecule has 1 N–H and O–H groups in total. The Bertz CT molecular complexity index is 1890. The van der Waals surface area contributed by atoms with Crippen molar-refractivity contribution in [2.75, 3.05) is 17.7 Å². The Hall–Kier alpha value is -4.67. The van der Waals surface area contributed by atoms with Crippen LogP contribution in [0.3, 0.4) is 0 Å². The van der Waals surface area contributed by atoms with Gasteiger partial charge >= 0.3 is 0 Å². The summed E-state index contributed by atoms with van der Waals surface area (Å²) in [5, 5.41) is 13.4. The number of nitrogens with one attached hydrogen (secondary N) is 1. The zero-order valence-electron chi connectivity index (χ0n) is 22.6. The molecule has 1 aliphatic rings. The van der Waals surface area contributed by atoms with Crippen molar-refractivity contribution >= 4 is 44.9 Å². The van der Waals surface area contributed by atoms with Crippen LogP contribution in [0.1, 0.15) is 17.5 Å². The minimum absolute atomic E-state index is 0.140. The summed E-state index contributed by atoms with van der Waals surface area (Å²) in [5.74, 6) is 2.00. The molecule has 0 saturated heterocycles. The molecule has 6 aromatic rings. The van der Waals surface area contributed by atoms with Crippen LogP contribution >= 0.6 is 23.1 Å². The van der Waals surface area contributed by atoms with Crippen molar-refractivity contribution in [3.05, 3.63) is 108 Å². The Labute approximate surface area is 250 Å². The summed E-state index contributed by atoms with van der Waals surface area (Å²) in [6.45, 7) is 2.39. The smallest absolute Gasteiger partial charge is 0.234 e. The van der Waals surface area contributed by atoms with E-state index >= 15 is 0 Å². The third kappa shape index (κ3) is 5.34. The summed E-state index contributed by atoms with van der Waals surface area (Å²) < 4.78 is 15.2. The minimum Gasteiger partial charge on any atom is -0.485 e. The predicted octanol–water partition coefficient (Wildman–Crippen LogP) is 7.10. The van der Waals surface area contributed by atoms with Crippen molar-refractivity contribution in [1.29, 1.82) is 0 Å². The highest BCUT2D eigenvalue weighted by Gasteiger charge is 2.29. The number of thiazole rings is 1. The van der Waals surface area contributed by atoms with E-state index < -0.39 is 6.10 Å². The van der Waals surface area contributed by atoms with Crippen LogP contribution in [0.15, 0.2) is 102 Å². The summed E-state index contributed by atoms with van der Waals surface area (Å²) in [7, 11) is 0. The highest BCUT2D eigenvalue weighted by atomic mass is 32.2. The number of carbonyl (C=O) groups excluding carboxylic acids is 1. The number of nitrogens with zero attached hydrogens (tertiary/aromatic N) is 4. The van der Waals surface area contributed by atoms with E-state index in [2.05, 4.69) is 34.6 Å². The zero-order valence-corrected chi connectivity index (χ0v) is 24.2. The van der Waals surface area contributed by atoms with Crippen molar-refractivity contribution in [1.82, 2.24) is 19.7 Å². The predicted molar refractivity (Wildman–Crippen MR) is 166 cm³/mol. The molecule has 0 radical (unpaired) electrons. The maximum atomic E-state index is 12.9. The van der Waals surface area contributed by atoms with Gasteiger partial charge in [0.2, 0.25) is 5.91 Å². The van der Waals surface area contributed by atoms with Crippen molar-refractivity contribution < 1.29 is 14.3 Å². The number of anilines is 1. The third-order valence-corrected chi connectivity index (χ3v) is 8.76. The van der Waals surface area contributed by atoms with Gasteiger partial charge in [0.15, 0.2) is 28.6 Å². The van der Waals surface area contributed by atoms with E-state index in [0.717, 1.165) is 27.5 Å². The first-order valence-electron chi connectivity index (χ1n) is 13.4. The van der Waals surface area contributed by atoms with Crippen molar-refractivity contribution in [2.45, 2.75) is 18.2 Å². The standard InChI is InChI=1S/C32H25N5O3S2/c1-20-11-16-24-28(17-20)42-31(34-24)21-12-14-22(15-13-21)33-29(38)19-41-32-36-35-30(37(32)23-7-3-2-4-8-23)27-18-39-25-9-5-6-10-26(25)40-27/h2-17,27H,18-19H2,1H3,(H,33,38). The lowest BCUT2D eigenvalue weighted by molar-refractivity contribution is -0.113. The van der Waals surface area contributed by atoms with Gasteiger partial charge < -0.3 is 14.8 Å². The molecule has 42 heavy (non-hydrogen) atoms. The Kier molecular flexibility index (Phi) is 7.06. The van der Waals surface area contributed by atoms with Gasteiger partial charge in [-0.15, -0.1) is 21.5 Å². The number of rotatable bonds is 7. The van der Waals surface area contributed by atoms with Crippen LogP contribution in [-0.2, 0) is 4.79 Å². The van der Waals surface area contributed by atoms with Gasteiger partial charge in [0.05, 0.1) is 16.0 Å². The van der Waals surface area contributed by atoms with Gasteiger partial charge in [-0.3, -0.25) is 9.36 Å². The first-order valence-corrected chi connectivity index (χ1v) is 15.2. The molecule has 1 unspecified atom stereocenters. The van der Waals surface area contributed by atoms with Crippen molar-refractivity contribution in [3.63, 3.8) is 0 Å². The normalized spacial score (nSPS) is 14.2. The average Bonchev–Trinajstić information content (AvgIpc) is 3.65. The number of amides is 1. The number of hydrogen-bond donors (Lipinski definition) is 1. The Balaban J connectivity index is 1.05. The van der Waals surface area contributed by atoms with E-state index in [1.807, 2.05) is 89.5 Å². The van der Waals surface area contributed by atoms with E-state index in [4.69, 9.17) is 14.5 Å². The fourth-order valence-electron chi connectivity index (χ4n) is 4.73. The van der Waals surface area contributed by atoms with Crippen LogP contribution in [0.2, 0.25) is 0 Å². The number of aromatic nitrogens is 4. The number of hydrogen-bond acceptors (Lipinski definition) is 8. The minimum atomic E-state index is -0.450. The molecule has 0 bridgehead atoms. The Morgan fingerprint density at radius 2 is 1.76 bits per heavy atom. The quantitative estimate of drug-likeness (QED) is 0.198.